The smallest absolute Gasteiger partial charge is 0.249 e. The van der Waals surface area contributed by atoms with Gasteiger partial charge in [-0.05, 0) is 40.3 Å². The molecule has 16 heavy (non-hydrogen) atoms. The summed E-state index contributed by atoms with van der Waals surface area (Å²) in [5.41, 5.74) is 0.183. The lowest BCUT2D eigenvalue weighted by Gasteiger charge is -2.11. The van der Waals surface area contributed by atoms with Gasteiger partial charge in [0.05, 0.1) is 16.9 Å². The predicted octanol–water partition coefficient (Wildman–Crippen LogP) is 0.366. The molecule has 1 aromatic carbocycles. The van der Waals surface area contributed by atoms with E-state index >= 15 is 0 Å². The largest absolute Gasteiger partial charge is 0.858 e. The van der Waals surface area contributed by atoms with E-state index in [2.05, 4.69) is 4.40 Å². The fourth-order valence-corrected chi connectivity index (χ4v) is 1.96. The van der Waals surface area contributed by atoms with Crippen LogP contribution in [0.4, 0.5) is 0 Å². The topological polar surface area (TPSA) is 78.8 Å². The molecule has 0 aliphatic carbocycles. The van der Waals surface area contributed by atoms with Crippen molar-refractivity contribution < 1.29 is 18.3 Å². The van der Waals surface area contributed by atoms with Crippen molar-refractivity contribution in [2.75, 3.05) is 13.4 Å². The van der Waals surface area contributed by atoms with Crippen molar-refractivity contribution in [3.05, 3.63) is 27.3 Å². The number of benzene rings is 1. The van der Waals surface area contributed by atoms with Gasteiger partial charge in [0, 0.05) is 5.90 Å². The maximum Gasteiger partial charge on any atom is 0.249 e. The van der Waals surface area contributed by atoms with Gasteiger partial charge in [0.15, 0.2) is 0 Å². The van der Waals surface area contributed by atoms with Gasteiger partial charge in [-0.25, -0.2) is 8.42 Å². The highest BCUT2D eigenvalue weighted by Crippen LogP contribution is 2.21. The maximum absolute atomic E-state index is 11.4. The lowest BCUT2D eigenvalue weighted by atomic mass is 10.2. The van der Waals surface area contributed by atoms with E-state index in [0.717, 1.165) is 9.83 Å². The molecule has 1 aromatic rings. The first-order chi connectivity index (χ1) is 7.33. The number of hydrogen-bond donors (Lipinski definition) is 0. The lowest BCUT2D eigenvalue weighted by Crippen LogP contribution is -2.20. The van der Waals surface area contributed by atoms with Gasteiger partial charge in [0.1, 0.15) is 5.75 Å². The summed E-state index contributed by atoms with van der Waals surface area (Å²) in [5, 5.41) is 11.4. The Morgan fingerprint density at radius 3 is 2.62 bits per heavy atom. The number of methoxy groups -OCH3 is 1. The van der Waals surface area contributed by atoms with Crippen molar-refractivity contribution in [3.8, 4) is 5.75 Å². The van der Waals surface area contributed by atoms with E-state index in [1.807, 2.05) is 22.6 Å². The van der Waals surface area contributed by atoms with E-state index in [4.69, 9.17) is 4.74 Å². The van der Waals surface area contributed by atoms with E-state index in [1.54, 1.807) is 6.07 Å². The fourth-order valence-electron chi connectivity index (χ4n) is 0.996. The minimum atomic E-state index is -3.67. The summed E-state index contributed by atoms with van der Waals surface area (Å²) in [6, 6.07) is 4.62. The third kappa shape index (κ3) is 3.63. The Labute approximate surface area is 107 Å². The van der Waals surface area contributed by atoms with Gasteiger partial charge < -0.3 is 9.84 Å². The molecule has 0 aliphatic rings. The molecule has 88 valence electrons. The molecule has 0 spiro atoms. The van der Waals surface area contributed by atoms with Crippen LogP contribution in [0.5, 0.6) is 5.75 Å². The summed E-state index contributed by atoms with van der Waals surface area (Å²) < 4.78 is 30.5. The van der Waals surface area contributed by atoms with Crippen LogP contribution in [0, 0.1) is 3.57 Å². The van der Waals surface area contributed by atoms with Crippen LogP contribution < -0.4 is 9.84 Å². The molecule has 0 heterocycles. The average Bonchev–Trinajstić information content (AvgIpc) is 2.15. The van der Waals surface area contributed by atoms with Crippen LogP contribution in [0.1, 0.15) is 5.56 Å². The SMILES string of the molecule is COc1cc(/C([O-])=N/S(C)(=O)=O)ccc1I. The van der Waals surface area contributed by atoms with Crippen LogP contribution in [0.2, 0.25) is 0 Å². The molecule has 0 saturated heterocycles. The number of nitrogens with zero attached hydrogens (tertiary/aromatic N) is 1. The minimum Gasteiger partial charge on any atom is -0.858 e. The van der Waals surface area contributed by atoms with E-state index < -0.39 is 15.9 Å². The van der Waals surface area contributed by atoms with E-state index in [9.17, 15) is 13.5 Å². The molecule has 0 radical (unpaired) electrons. The number of rotatable bonds is 3. The quantitative estimate of drug-likeness (QED) is 0.446. The van der Waals surface area contributed by atoms with Gasteiger partial charge in [-0.15, -0.1) is 0 Å². The van der Waals surface area contributed by atoms with E-state index in [-0.39, 0.29) is 5.56 Å². The number of halogens is 1. The zero-order valence-corrected chi connectivity index (χ0v) is 11.6. The van der Waals surface area contributed by atoms with Crippen LogP contribution in [-0.2, 0) is 10.0 Å². The Balaban J connectivity index is 3.20. The molecule has 0 N–H and O–H groups in total. The van der Waals surface area contributed by atoms with Crippen LogP contribution in [0.3, 0.4) is 0 Å². The van der Waals surface area contributed by atoms with Crippen molar-refractivity contribution in [1.29, 1.82) is 0 Å². The molecule has 0 saturated carbocycles. The van der Waals surface area contributed by atoms with Crippen LogP contribution in [0.25, 0.3) is 0 Å². The lowest BCUT2D eigenvalue weighted by molar-refractivity contribution is -0.212. The van der Waals surface area contributed by atoms with Gasteiger partial charge in [-0.3, -0.25) is 0 Å². The Morgan fingerprint density at radius 2 is 2.12 bits per heavy atom. The summed E-state index contributed by atoms with van der Waals surface area (Å²) in [7, 11) is -2.20. The Kier molecular flexibility index (Phi) is 4.14. The van der Waals surface area contributed by atoms with Crippen molar-refractivity contribution in [2.45, 2.75) is 0 Å². The Hall–Kier alpha value is -0.830. The Bertz CT molecular complexity index is 524. The van der Waals surface area contributed by atoms with Crippen molar-refractivity contribution in [3.63, 3.8) is 0 Å². The standard InChI is InChI=1S/C9H10INO4S/c1-15-8-5-6(3-4-7(8)10)9(12)11-16(2,13)14/h3-5H,1-2H3,(H,11,12)/p-1. The normalized spacial score (nSPS) is 12.6. The van der Waals surface area contributed by atoms with Gasteiger partial charge in [-0.2, -0.15) is 4.40 Å². The summed E-state index contributed by atoms with van der Waals surface area (Å²) >= 11 is 2.04. The monoisotopic (exact) mass is 354 g/mol. The molecule has 0 bridgehead atoms. The van der Waals surface area contributed by atoms with Gasteiger partial charge in [0.25, 0.3) is 0 Å². The average molecular weight is 354 g/mol. The Morgan fingerprint density at radius 1 is 1.50 bits per heavy atom. The maximum atomic E-state index is 11.4. The molecule has 0 aromatic heterocycles. The van der Waals surface area contributed by atoms with E-state index in [1.165, 1.54) is 19.2 Å². The summed E-state index contributed by atoms with van der Waals surface area (Å²) in [5.74, 6) is -0.285. The third-order valence-corrected chi connectivity index (χ3v) is 3.04. The molecule has 7 heteroatoms. The summed E-state index contributed by atoms with van der Waals surface area (Å²) in [6.07, 6.45) is 0.870. The second-order valence-corrected chi connectivity index (χ2v) is 5.79. The minimum absolute atomic E-state index is 0.183. The van der Waals surface area contributed by atoms with Crippen molar-refractivity contribution in [1.82, 2.24) is 0 Å². The van der Waals surface area contributed by atoms with Crippen LogP contribution in [0.15, 0.2) is 22.6 Å². The highest BCUT2D eigenvalue weighted by atomic mass is 127. The first kappa shape index (κ1) is 13.2. The zero-order chi connectivity index (χ0) is 12.3. The van der Waals surface area contributed by atoms with Gasteiger partial charge >= 0.3 is 0 Å². The van der Waals surface area contributed by atoms with Crippen molar-refractivity contribution >= 4 is 38.5 Å². The number of ether oxygens (including phenoxy) is 1. The number of sulfonamides is 1. The van der Waals surface area contributed by atoms with Crippen LogP contribution in [-0.4, -0.2) is 27.7 Å². The second-order valence-electron chi connectivity index (χ2n) is 2.98. The zero-order valence-electron chi connectivity index (χ0n) is 8.60. The molecule has 1 rings (SSSR count). The molecular formula is C9H9INO4S-. The second kappa shape index (κ2) is 5.00. The van der Waals surface area contributed by atoms with Crippen molar-refractivity contribution in [2.24, 2.45) is 4.40 Å². The molecule has 0 amide bonds. The first-order valence-corrected chi connectivity index (χ1v) is 7.07. The summed E-state index contributed by atoms with van der Waals surface area (Å²) in [6.45, 7) is 0. The molecule has 0 aliphatic heterocycles. The molecule has 0 fully saturated rings. The first-order valence-electron chi connectivity index (χ1n) is 4.14. The molecule has 0 atom stereocenters. The predicted molar refractivity (Wildman–Crippen MR) is 67.1 cm³/mol. The molecule has 5 nitrogen and oxygen atoms in total. The van der Waals surface area contributed by atoms with E-state index in [0.29, 0.717) is 5.75 Å². The number of hydrogen-bond acceptors (Lipinski definition) is 4. The molecule has 0 unspecified atom stereocenters. The summed E-state index contributed by atoms with van der Waals surface area (Å²) in [4.78, 5) is 0. The highest BCUT2D eigenvalue weighted by Gasteiger charge is 2.03. The fraction of sp³-hybridized carbons (Fsp3) is 0.222. The van der Waals surface area contributed by atoms with Crippen LogP contribution >= 0.6 is 22.6 Å². The van der Waals surface area contributed by atoms with Gasteiger partial charge in [0.2, 0.25) is 10.0 Å². The third-order valence-electron chi connectivity index (χ3n) is 1.65. The van der Waals surface area contributed by atoms with Gasteiger partial charge in [-0.1, -0.05) is 6.07 Å². The molecular weight excluding hydrogens is 345 g/mol. The highest BCUT2D eigenvalue weighted by molar-refractivity contribution is 14.1.